The summed E-state index contributed by atoms with van der Waals surface area (Å²) in [6.07, 6.45) is 8.38. The second-order valence-corrected chi connectivity index (χ2v) is 6.43. The van der Waals surface area contributed by atoms with Crippen LogP contribution in [0.2, 0.25) is 0 Å². The van der Waals surface area contributed by atoms with E-state index in [4.69, 9.17) is 9.15 Å². The lowest BCUT2D eigenvalue weighted by Gasteiger charge is -2.36. The molecule has 1 amide bonds. The van der Waals surface area contributed by atoms with Crippen LogP contribution in [0.4, 0.5) is 0 Å². The molecule has 0 spiro atoms. The highest BCUT2D eigenvalue weighted by atomic mass is 32.1. The highest BCUT2D eigenvalue weighted by Crippen LogP contribution is 2.36. The van der Waals surface area contributed by atoms with Gasteiger partial charge in [-0.25, -0.2) is 0 Å². The van der Waals surface area contributed by atoms with E-state index in [9.17, 15) is 4.79 Å². The summed E-state index contributed by atoms with van der Waals surface area (Å²) < 4.78 is 10.5. The first-order chi connectivity index (χ1) is 10.8. The summed E-state index contributed by atoms with van der Waals surface area (Å²) in [6.45, 7) is 2.14. The summed E-state index contributed by atoms with van der Waals surface area (Å²) in [6, 6.07) is 6.04. The first-order valence-corrected chi connectivity index (χ1v) is 8.26. The maximum atomic E-state index is 12.0. The first kappa shape index (κ1) is 15.1. The van der Waals surface area contributed by atoms with Gasteiger partial charge in [0.15, 0.2) is 0 Å². The van der Waals surface area contributed by atoms with Gasteiger partial charge in [0.2, 0.25) is 5.91 Å². The standard InChI is InChI=1S/C17H19NO3S/c19-16(4-3-14-5-8-21-12-14)18-13-17(6-9-20-10-7-17)15-2-1-11-22-15/h1-5,8,11-12H,6-7,9-10,13H2,(H,18,19). The fourth-order valence-corrected chi connectivity index (χ4v) is 3.70. The minimum Gasteiger partial charge on any atom is -0.472 e. The lowest BCUT2D eigenvalue weighted by Crippen LogP contribution is -2.43. The van der Waals surface area contributed by atoms with Crippen molar-refractivity contribution in [2.45, 2.75) is 18.3 Å². The lowest BCUT2D eigenvalue weighted by atomic mass is 9.78. The SMILES string of the molecule is O=C(C=Cc1ccoc1)NCC1(c2cccs2)CCOCC1. The van der Waals surface area contributed by atoms with Crippen LogP contribution in [-0.4, -0.2) is 25.7 Å². The molecule has 116 valence electrons. The van der Waals surface area contributed by atoms with Crippen LogP contribution in [0.3, 0.4) is 0 Å². The Labute approximate surface area is 133 Å². The van der Waals surface area contributed by atoms with Crippen molar-refractivity contribution in [2.75, 3.05) is 19.8 Å². The molecule has 1 fully saturated rings. The molecule has 2 aromatic heterocycles. The van der Waals surface area contributed by atoms with E-state index in [0.29, 0.717) is 6.54 Å². The molecule has 5 heteroatoms. The number of carbonyl (C=O) groups excluding carboxylic acids is 1. The Balaban J connectivity index is 1.63. The van der Waals surface area contributed by atoms with Crippen molar-refractivity contribution < 1.29 is 13.9 Å². The zero-order valence-electron chi connectivity index (χ0n) is 12.3. The smallest absolute Gasteiger partial charge is 0.244 e. The van der Waals surface area contributed by atoms with Crippen molar-refractivity contribution in [1.82, 2.24) is 5.32 Å². The van der Waals surface area contributed by atoms with Gasteiger partial charge in [-0.05, 0) is 36.4 Å². The molecule has 3 heterocycles. The first-order valence-electron chi connectivity index (χ1n) is 7.38. The van der Waals surface area contributed by atoms with Gasteiger partial charge in [0.1, 0.15) is 0 Å². The summed E-state index contributed by atoms with van der Waals surface area (Å²) in [5.41, 5.74) is 0.889. The van der Waals surface area contributed by atoms with E-state index in [1.807, 2.05) is 6.07 Å². The van der Waals surface area contributed by atoms with Crippen LogP contribution in [-0.2, 0) is 14.9 Å². The maximum Gasteiger partial charge on any atom is 0.244 e. The third-order valence-corrected chi connectivity index (χ3v) is 5.18. The number of carbonyl (C=O) groups is 1. The fraction of sp³-hybridized carbons (Fsp3) is 0.353. The monoisotopic (exact) mass is 317 g/mol. The zero-order chi connectivity index (χ0) is 15.3. The van der Waals surface area contributed by atoms with Gasteiger partial charge < -0.3 is 14.5 Å². The quantitative estimate of drug-likeness (QED) is 0.862. The number of thiophene rings is 1. The molecule has 3 rings (SSSR count). The Morgan fingerprint density at radius 1 is 1.36 bits per heavy atom. The van der Waals surface area contributed by atoms with Crippen molar-refractivity contribution in [3.05, 3.63) is 52.6 Å². The van der Waals surface area contributed by atoms with Gasteiger partial charge in [-0.2, -0.15) is 0 Å². The van der Waals surface area contributed by atoms with E-state index in [1.165, 1.54) is 4.88 Å². The molecule has 1 aliphatic heterocycles. The largest absolute Gasteiger partial charge is 0.472 e. The molecule has 1 aliphatic rings. The number of amides is 1. The lowest BCUT2D eigenvalue weighted by molar-refractivity contribution is -0.116. The minimum absolute atomic E-state index is 0.00551. The van der Waals surface area contributed by atoms with E-state index in [2.05, 4.69) is 22.8 Å². The van der Waals surface area contributed by atoms with Crippen molar-refractivity contribution in [1.29, 1.82) is 0 Å². The van der Waals surface area contributed by atoms with E-state index in [-0.39, 0.29) is 11.3 Å². The van der Waals surface area contributed by atoms with Crippen LogP contribution in [0.1, 0.15) is 23.3 Å². The van der Waals surface area contributed by atoms with Gasteiger partial charge >= 0.3 is 0 Å². The second kappa shape index (κ2) is 6.94. The molecule has 0 atom stereocenters. The van der Waals surface area contributed by atoms with Crippen molar-refractivity contribution >= 4 is 23.3 Å². The Kier molecular flexibility index (Phi) is 4.75. The average molecular weight is 317 g/mol. The van der Waals surface area contributed by atoms with Gasteiger partial charge in [0.05, 0.1) is 12.5 Å². The van der Waals surface area contributed by atoms with Gasteiger partial charge in [-0.1, -0.05) is 6.07 Å². The number of hydrogen-bond donors (Lipinski definition) is 1. The Morgan fingerprint density at radius 3 is 2.91 bits per heavy atom. The Morgan fingerprint density at radius 2 is 2.23 bits per heavy atom. The summed E-state index contributed by atoms with van der Waals surface area (Å²) in [7, 11) is 0. The normalized spacial score (nSPS) is 17.6. The molecule has 4 nitrogen and oxygen atoms in total. The van der Waals surface area contributed by atoms with Gasteiger partial charge in [0, 0.05) is 41.7 Å². The molecule has 0 bridgehead atoms. The number of furan rings is 1. The molecule has 22 heavy (non-hydrogen) atoms. The van der Waals surface area contributed by atoms with Crippen LogP contribution < -0.4 is 5.32 Å². The highest BCUT2D eigenvalue weighted by Gasteiger charge is 2.35. The fourth-order valence-electron chi connectivity index (χ4n) is 2.71. The maximum absolute atomic E-state index is 12.0. The van der Waals surface area contributed by atoms with Crippen LogP contribution in [0.25, 0.3) is 6.08 Å². The van der Waals surface area contributed by atoms with Crippen molar-refractivity contribution in [3.63, 3.8) is 0 Å². The summed E-state index contributed by atoms with van der Waals surface area (Å²) in [4.78, 5) is 13.4. The van der Waals surface area contributed by atoms with E-state index >= 15 is 0 Å². The zero-order valence-corrected chi connectivity index (χ0v) is 13.1. The van der Waals surface area contributed by atoms with Crippen LogP contribution >= 0.6 is 11.3 Å². The van der Waals surface area contributed by atoms with Gasteiger partial charge in [0.25, 0.3) is 0 Å². The second-order valence-electron chi connectivity index (χ2n) is 5.48. The topological polar surface area (TPSA) is 51.5 Å². The van der Waals surface area contributed by atoms with Crippen LogP contribution in [0, 0.1) is 0 Å². The molecule has 1 saturated heterocycles. The highest BCUT2D eigenvalue weighted by molar-refractivity contribution is 7.10. The summed E-state index contributed by atoms with van der Waals surface area (Å²) >= 11 is 1.75. The molecular weight excluding hydrogens is 298 g/mol. The number of rotatable bonds is 5. The third-order valence-electron chi connectivity index (χ3n) is 4.07. The van der Waals surface area contributed by atoms with Crippen molar-refractivity contribution in [2.24, 2.45) is 0 Å². The van der Waals surface area contributed by atoms with Crippen molar-refractivity contribution in [3.8, 4) is 0 Å². The average Bonchev–Trinajstić information content (AvgIpc) is 3.25. The molecular formula is C17H19NO3S. The van der Waals surface area contributed by atoms with E-state index in [0.717, 1.165) is 31.6 Å². The molecule has 0 saturated carbocycles. The van der Waals surface area contributed by atoms with Crippen LogP contribution in [0.5, 0.6) is 0 Å². The Hall–Kier alpha value is -1.85. The third kappa shape index (κ3) is 3.48. The molecule has 0 aromatic carbocycles. The van der Waals surface area contributed by atoms with E-state index in [1.54, 1.807) is 36.0 Å². The number of nitrogens with one attached hydrogen (secondary N) is 1. The Bertz CT molecular complexity index is 610. The molecule has 2 aromatic rings. The summed E-state index contributed by atoms with van der Waals surface area (Å²) in [5.74, 6) is -0.0800. The minimum atomic E-state index is -0.0800. The predicted molar refractivity (Wildman–Crippen MR) is 86.8 cm³/mol. The summed E-state index contributed by atoms with van der Waals surface area (Å²) in [5, 5.41) is 5.13. The molecule has 0 aliphatic carbocycles. The van der Waals surface area contributed by atoms with Crippen LogP contribution in [0.15, 0.2) is 46.6 Å². The van der Waals surface area contributed by atoms with Gasteiger partial charge in [-0.15, -0.1) is 11.3 Å². The number of ether oxygens (including phenoxy) is 1. The van der Waals surface area contributed by atoms with E-state index < -0.39 is 0 Å². The molecule has 0 unspecified atom stereocenters. The number of hydrogen-bond acceptors (Lipinski definition) is 4. The van der Waals surface area contributed by atoms with Gasteiger partial charge in [-0.3, -0.25) is 4.79 Å². The molecule has 0 radical (unpaired) electrons. The predicted octanol–water partition coefficient (Wildman–Crippen LogP) is 3.22. The molecule has 1 N–H and O–H groups in total.